The molecular weight excluding hydrogens is 428 g/mol. The van der Waals surface area contributed by atoms with Gasteiger partial charge in [0, 0.05) is 17.3 Å². The minimum Gasteiger partial charge on any atom is -0.466 e. The normalized spacial score (nSPS) is 11.5. The summed E-state index contributed by atoms with van der Waals surface area (Å²) in [6, 6.07) is 9.58. The van der Waals surface area contributed by atoms with E-state index < -0.39 is 17.7 Å². The van der Waals surface area contributed by atoms with Crippen molar-refractivity contribution < 1.29 is 22.7 Å². The predicted molar refractivity (Wildman–Crippen MR) is 104 cm³/mol. The quantitative estimate of drug-likeness (QED) is 0.457. The second kappa shape index (κ2) is 8.47. The Hall–Kier alpha value is -2.51. The summed E-state index contributed by atoms with van der Waals surface area (Å²) in [4.78, 5) is 12.0. The number of halogens is 5. The maximum Gasteiger partial charge on any atom is 0.416 e. The van der Waals surface area contributed by atoms with E-state index in [1.807, 2.05) is 0 Å². The first-order valence-corrected chi connectivity index (χ1v) is 9.32. The van der Waals surface area contributed by atoms with Crippen molar-refractivity contribution in [1.29, 1.82) is 0 Å². The predicted octanol–water partition coefficient (Wildman–Crippen LogP) is 5.97. The lowest BCUT2D eigenvalue weighted by Crippen LogP contribution is -2.07. The van der Waals surface area contributed by atoms with E-state index in [1.165, 1.54) is 23.0 Å². The molecular formula is C20H15Cl2F3N2O2. The van der Waals surface area contributed by atoms with Crippen LogP contribution in [0.1, 0.15) is 18.1 Å². The van der Waals surface area contributed by atoms with E-state index in [0.717, 1.165) is 12.1 Å². The molecule has 0 unspecified atom stereocenters. The van der Waals surface area contributed by atoms with Crippen LogP contribution in [0.2, 0.25) is 10.0 Å². The third-order valence-corrected chi connectivity index (χ3v) is 4.80. The number of aromatic nitrogens is 2. The molecule has 0 bridgehead atoms. The zero-order valence-electron chi connectivity index (χ0n) is 15.1. The van der Waals surface area contributed by atoms with Gasteiger partial charge < -0.3 is 4.74 Å². The molecule has 0 radical (unpaired) electrons. The molecule has 1 aromatic heterocycles. The third-order valence-electron chi connectivity index (χ3n) is 4.06. The van der Waals surface area contributed by atoms with Gasteiger partial charge in [0.15, 0.2) is 0 Å². The smallest absolute Gasteiger partial charge is 0.416 e. The number of hydrogen-bond donors (Lipinski definition) is 0. The maximum atomic E-state index is 13.1. The summed E-state index contributed by atoms with van der Waals surface area (Å²) in [5, 5.41) is 5.04. The van der Waals surface area contributed by atoms with E-state index in [4.69, 9.17) is 27.9 Å². The number of alkyl halides is 3. The van der Waals surface area contributed by atoms with Crippen molar-refractivity contribution in [2.75, 3.05) is 6.61 Å². The van der Waals surface area contributed by atoms with E-state index >= 15 is 0 Å². The Morgan fingerprint density at radius 2 is 1.90 bits per heavy atom. The molecule has 29 heavy (non-hydrogen) atoms. The fourth-order valence-electron chi connectivity index (χ4n) is 2.75. The van der Waals surface area contributed by atoms with Gasteiger partial charge in [0.1, 0.15) is 0 Å². The highest BCUT2D eigenvalue weighted by molar-refractivity contribution is 6.42. The van der Waals surface area contributed by atoms with Crippen LogP contribution in [0.15, 0.2) is 48.7 Å². The van der Waals surface area contributed by atoms with Crippen molar-refractivity contribution in [2.24, 2.45) is 0 Å². The molecule has 1 heterocycles. The summed E-state index contributed by atoms with van der Waals surface area (Å²) in [6.07, 6.45) is -3.07. The van der Waals surface area contributed by atoms with Gasteiger partial charge in [0.05, 0.1) is 40.0 Å². The molecule has 0 fully saturated rings. The van der Waals surface area contributed by atoms with Gasteiger partial charge >= 0.3 is 12.1 Å². The fourth-order valence-corrected chi connectivity index (χ4v) is 3.05. The molecule has 0 N–H and O–H groups in total. The highest BCUT2D eigenvalue weighted by Gasteiger charge is 2.30. The molecule has 0 saturated carbocycles. The van der Waals surface area contributed by atoms with Crippen LogP contribution in [0, 0.1) is 0 Å². The minimum absolute atomic E-state index is 0.0949. The van der Waals surface area contributed by atoms with Crippen molar-refractivity contribution in [3.63, 3.8) is 0 Å². The van der Waals surface area contributed by atoms with Gasteiger partial charge in [-0.15, -0.1) is 0 Å². The van der Waals surface area contributed by atoms with Crippen LogP contribution in [0.4, 0.5) is 13.2 Å². The summed E-state index contributed by atoms with van der Waals surface area (Å²) in [6.45, 7) is 1.90. The van der Waals surface area contributed by atoms with Crippen LogP contribution < -0.4 is 0 Å². The molecule has 3 rings (SSSR count). The Bertz CT molecular complexity index is 1050. The molecule has 4 nitrogen and oxygen atoms in total. The van der Waals surface area contributed by atoms with Gasteiger partial charge in [0.2, 0.25) is 0 Å². The second-order valence-electron chi connectivity index (χ2n) is 6.11. The summed E-state index contributed by atoms with van der Waals surface area (Å²) < 4.78 is 45.4. The average molecular weight is 443 g/mol. The first kappa shape index (κ1) is 21.2. The monoisotopic (exact) mass is 442 g/mol. The maximum absolute atomic E-state index is 13.1. The zero-order chi connectivity index (χ0) is 21.2. The number of ether oxygens (including phenoxy) is 1. The highest BCUT2D eigenvalue weighted by Crippen LogP contribution is 2.32. The van der Waals surface area contributed by atoms with Gasteiger partial charge in [-0.1, -0.05) is 35.3 Å². The summed E-state index contributed by atoms with van der Waals surface area (Å²) in [5.74, 6) is -0.475. The molecule has 0 amide bonds. The van der Waals surface area contributed by atoms with Gasteiger partial charge in [-0.2, -0.15) is 18.3 Å². The van der Waals surface area contributed by atoms with E-state index in [9.17, 15) is 18.0 Å². The Morgan fingerprint density at radius 3 is 2.55 bits per heavy atom. The van der Waals surface area contributed by atoms with E-state index in [-0.39, 0.29) is 18.7 Å². The second-order valence-corrected chi connectivity index (χ2v) is 6.92. The lowest BCUT2D eigenvalue weighted by Gasteiger charge is -2.08. The van der Waals surface area contributed by atoms with Gasteiger partial charge in [-0.05, 0) is 37.3 Å². The lowest BCUT2D eigenvalue weighted by molar-refractivity contribution is -0.142. The Kier molecular flexibility index (Phi) is 6.19. The molecule has 2 aromatic carbocycles. The Balaban J connectivity index is 2.09. The summed E-state index contributed by atoms with van der Waals surface area (Å²) in [5.41, 5.74) is 0.863. The Labute approximate surface area is 174 Å². The van der Waals surface area contributed by atoms with Crippen LogP contribution in [0.5, 0.6) is 0 Å². The summed E-state index contributed by atoms with van der Waals surface area (Å²) in [7, 11) is 0. The topological polar surface area (TPSA) is 44.1 Å². The van der Waals surface area contributed by atoms with Crippen LogP contribution in [-0.4, -0.2) is 22.4 Å². The molecule has 9 heteroatoms. The standard InChI is InChI=1S/C20H15Cl2F3N2O2/c1-2-29-18(28)9-13-11-27(15-5-3-4-14(10-15)20(23,24)25)26-19(13)12-6-7-16(21)17(22)8-12/h3-8,10-11H,2,9H2,1H3. The lowest BCUT2D eigenvalue weighted by atomic mass is 10.1. The largest absolute Gasteiger partial charge is 0.466 e. The molecule has 0 aliphatic carbocycles. The number of carbonyl (C=O) groups excluding carboxylic acids is 1. The number of rotatable bonds is 5. The third kappa shape index (κ3) is 4.92. The molecule has 0 atom stereocenters. The highest BCUT2D eigenvalue weighted by atomic mass is 35.5. The molecule has 0 aliphatic heterocycles. The number of hydrogen-bond acceptors (Lipinski definition) is 3. The summed E-state index contributed by atoms with van der Waals surface area (Å²) >= 11 is 12.0. The van der Waals surface area contributed by atoms with Gasteiger partial charge in [-0.3, -0.25) is 4.79 Å². The van der Waals surface area contributed by atoms with Crippen molar-refractivity contribution in [3.05, 3.63) is 69.8 Å². The Morgan fingerprint density at radius 1 is 1.14 bits per heavy atom. The van der Waals surface area contributed by atoms with Crippen LogP contribution in [0.3, 0.4) is 0 Å². The number of carbonyl (C=O) groups is 1. The van der Waals surface area contributed by atoms with Crippen LogP contribution >= 0.6 is 23.2 Å². The van der Waals surface area contributed by atoms with Crippen molar-refractivity contribution in [1.82, 2.24) is 9.78 Å². The first-order chi connectivity index (χ1) is 13.7. The number of esters is 1. The average Bonchev–Trinajstić information content (AvgIpc) is 3.07. The molecule has 0 spiro atoms. The van der Waals surface area contributed by atoms with Crippen molar-refractivity contribution in [3.8, 4) is 16.9 Å². The van der Waals surface area contributed by atoms with Gasteiger partial charge in [-0.25, -0.2) is 4.68 Å². The van der Waals surface area contributed by atoms with Crippen LogP contribution in [-0.2, 0) is 22.1 Å². The van der Waals surface area contributed by atoms with E-state index in [1.54, 1.807) is 25.1 Å². The molecule has 3 aromatic rings. The van der Waals surface area contributed by atoms with Crippen molar-refractivity contribution in [2.45, 2.75) is 19.5 Å². The molecule has 0 aliphatic rings. The van der Waals surface area contributed by atoms with Gasteiger partial charge in [0.25, 0.3) is 0 Å². The van der Waals surface area contributed by atoms with E-state index in [0.29, 0.717) is 26.9 Å². The first-order valence-electron chi connectivity index (χ1n) is 8.56. The molecule has 152 valence electrons. The molecule has 0 saturated heterocycles. The number of nitrogens with zero attached hydrogens (tertiary/aromatic N) is 2. The fraction of sp³-hybridized carbons (Fsp3) is 0.200. The number of benzene rings is 2. The SMILES string of the molecule is CCOC(=O)Cc1cn(-c2cccc(C(F)(F)F)c2)nc1-c1ccc(Cl)c(Cl)c1. The van der Waals surface area contributed by atoms with Crippen molar-refractivity contribution >= 4 is 29.2 Å². The van der Waals surface area contributed by atoms with E-state index in [2.05, 4.69) is 5.10 Å². The zero-order valence-corrected chi connectivity index (χ0v) is 16.6. The van der Waals surface area contributed by atoms with Crippen LogP contribution in [0.25, 0.3) is 16.9 Å². The minimum atomic E-state index is -4.48.